The van der Waals surface area contributed by atoms with Gasteiger partial charge in [0.05, 0.1) is 6.10 Å². The van der Waals surface area contributed by atoms with Gasteiger partial charge in [-0.2, -0.15) is 0 Å². The van der Waals surface area contributed by atoms with Crippen molar-refractivity contribution >= 4 is 17.7 Å². The van der Waals surface area contributed by atoms with Gasteiger partial charge in [-0.05, 0) is 169 Å². The van der Waals surface area contributed by atoms with Crippen molar-refractivity contribution in [2.75, 3.05) is 13.1 Å². The average Bonchev–Trinajstić information content (AvgIpc) is 3.77. The van der Waals surface area contributed by atoms with Crippen LogP contribution in [0.15, 0.2) is 12.2 Å². The first-order valence-electron chi connectivity index (χ1n) is 26.1. The van der Waals surface area contributed by atoms with E-state index in [1.807, 2.05) is 11.8 Å². The van der Waals surface area contributed by atoms with E-state index >= 15 is 0 Å². The van der Waals surface area contributed by atoms with E-state index < -0.39 is 0 Å². The summed E-state index contributed by atoms with van der Waals surface area (Å²) in [5.41, 5.74) is 0.820. The van der Waals surface area contributed by atoms with Crippen LogP contribution in [0.5, 0.6) is 0 Å². The molecule has 5 fully saturated rings. The lowest BCUT2D eigenvalue weighted by atomic mass is 9.44. The number of nitrogens with one attached hydrogen (secondary N) is 2. The Bertz CT molecular complexity index is 1330. The second kappa shape index (κ2) is 24.8. The van der Waals surface area contributed by atoms with E-state index in [0.717, 1.165) is 62.2 Å². The second-order valence-electron chi connectivity index (χ2n) is 21.7. The first-order chi connectivity index (χ1) is 29.0. The van der Waals surface area contributed by atoms with Gasteiger partial charge in [0.1, 0.15) is 0 Å². The molecule has 5 rings (SSSR count). The number of unbranched alkanes of at least 4 members (excludes halogenated alkanes) is 13. The molecule has 0 aromatic carbocycles. The monoisotopic (exact) mass is 836 g/mol. The molecule has 1 aliphatic heterocycles. The maximum Gasteiger partial charge on any atom is 0.222 e. The van der Waals surface area contributed by atoms with Gasteiger partial charge in [0.2, 0.25) is 17.7 Å². The Morgan fingerprint density at radius 3 is 2.08 bits per heavy atom. The number of hydrogen-bond donors (Lipinski definition) is 3. The summed E-state index contributed by atoms with van der Waals surface area (Å²) >= 11 is 0. The molecule has 0 bridgehead atoms. The van der Waals surface area contributed by atoms with Gasteiger partial charge in [-0.3, -0.25) is 14.4 Å². The second-order valence-corrected chi connectivity index (χ2v) is 21.7. The minimum Gasteiger partial charge on any atom is -0.391 e. The third-order valence-corrected chi connectivity index (χ3v) is 17.5. The van der Waals surface area contributed by atoms with Crippen LogP contribution in [0.4, 0.5) is 0 Å². The molecule has 0 aromatic heterocycles. The Balaban J connectivity index is 0.925. The number of rotatable bonds is 26. The fourth-order valence-corrected chi connectivity index (χ4v) is 14.0. The minimum absolute atomic E-state index is 0.134. The molecule has 1 saturated heterocycles. The van der Waals surface area contributed by atoms with Crippen molar-refractivity contribution in [3.05, 3.63) is 12.2 Å². The fourth-order valence-electron chi connectivity index (χ4n) is 14.0. The van der Waals surface area contributed by atoms with Gasteiger partial charge < -0.3 is 20.6 Å². The summed E-state index contributed by atoms with van der Waals surface area (Å²) in [6.07, 6.45) is 39.1. The molecular weight excluding hydrogens is 743 g/mol. The predicted molar refractivity (Wildman–Crippen MR) is 248 cm³/mol. The number of β-amino-alcohol motifs (C(OH)–C–C–N with tert-alkyl or cyclic N) is 1. The van der Waals surface area contributed by atoms with Gasteiger partial charge >= 0.3 is 0 Å². The molecule has 5 aliphatic rings. The number of carbonyl (C=O) groups excluding carboxylic acids is 3. The minimum atomic E-state index is -0.380. The highest BCUT2D eigenvalue weighted by Crippen LogP contribution is 2.68. The SMILES string of the molecule is CCCCCCCC/C=C\CCCCCCCC(=O)N[C@H]1CC[C@@]2(C)C(CCC3C2CC[C@@]2(C)C3CC[C@@H]2[C@H](C)CCC(=O)NCCCCCC(=O)N2C[C@@H](O)CC2C)C1. The van der Waals surface area contributed by atoms with Crippen LogP contribution in [0.25, 0.3) is 0 Å². The third-order valence-electron chi connectivity index (χ3n) is 17.5. The lowest BCUT2D eigenvalue weighted by molar-refractivity contribution is -0.132. The third kappa shape index (κ3) is 13.8. The first-order valence-corrected chi connectivity index (χ1v) is 26.1. The molecular formula is C53H93N3O4. The largest absolute Gasteiger partial charge is 0.391 e. The van der Waals surface area contributed by atoms with Crippen molar-refractivity contribution in [3.8, 4) is 0 Å². The van der Waals surface area contributed by atoms with Crippen molar-refractivity contribution in [2.45, 2.75) is 245 Å². The van der Waals surface area contributed by atoms with Crippen LogP contribution >= 0.6 is 0 Å². The number of allylic oxidation sites excluding steroid dienone is 2. The van der Waals surface area contributed by atoms with Crippen molar-refractivity contribution in [2.24, 2.45) is 46.3 Å². The topological polar surface area (TPSA) is 98.7 Å². The van der Waals surface area contributed by atoms with Gasteiger partial charge in [0, 0.05) is 44.4 Å². The van der Waals surface area contributed by atoms with Gasteiger partial charge in [-0.25, -0.2) is 0 Å². The van der Waals surface area contributed by atoms with Crippen molar-refractivity contribution < 1.29 is 19.5 Å². The zero-order valence-electron chi connectivity index (χ0n) is 39.6. The Kier molecular flexibility index (Phi) is 20.3. The molecule has 4 saturated carbocycles. The van der Waals surface area contributed by atoms with E-state index in [0.29, 0.717) is 73.4 Å². The number of carbonyl (C=O) groups is 3. The highest BCUT2D eigenvalue weighted by Gasteiger charge is 2.60. The summed E-state index contributed by atoms with van der Waals surface area (Å²) in [6.45, 7) is 13.2. The van der Waals surface area contributed by atoms with Gasteiger partial charge in [0.15, 0.2) is 0 Å². The van der Waals surface area contributed by atoms with Gasteiger partial charge in [0.25, 0.3) is 0 Å². The number of aliphatic hydroxyl groups is 1. The zero-order valence-corrected chi connectivity index (χ0v) is 39.6. The van der Waals surface area contributed by atoms with E-state index in [1.54, 1.807) is 0 Å². The van der Waals surface area contributed by atoms with E-state index in [2.05, 4.69) is 50.5 Å². The van der Waals surface area contributed by atoms with Crippen molar-refractivity contribution in [1.29, 1.82) is 0 Å². The average molecular weight is 836 g/mol. The quantitative estimate of drug-likeness (QED) is 0.0597. The summed E-state index contributed by atoms with van der Waals surface area (Å²) in [7, 11) is 0. The molecule has 0 aromatic rings. The van der Waals surface area contributed by atoms with E-state index in [-0.39, 0.29) is 24.0 Å². The maximum absolute atomic E-state index is 13.0. The van der Waals surface area contributed by atoms with E-state index in [1.165, 1.54) is 128 Å². The lowest BCUT2D eigenvalue weighted by Gasteiger charge is -2.61. The Morgan fingerprint density at radius 1 is 0.717 bits per heavy atom. The van der Waals surface area contributed by atoms with Crippen LogP contribution in [0, 0.1) is 46.3 Å². The Labute approximate surface area is 368 Å². The molecule has 0 radical (unpaired) electrons. The van der Waals surface area contributed by atoms with E-state index in [4.69, 9.17) is 0 Å². The summed E-state index contributed by atoms with van der Waals surface area (Å²) in [4.78, 5) is 40.2. The van der Waals surface area contributed by atoms with Crippen molar-refractivity contribution in [3.63, 3.8) is 0 Å². The Morgan fingerprint density at radius 2 is 1.37 bits per heavy atom. The number of amides is 3. The molecule has 3 N–H and O–H groups in total. The van der Waals surface area contributed by atoms with Crippen LogP contribution in [-0.2, 0) is 14.4 Å². The van der Waals surface area contributed by atoms with Crippen molar-refractivity contribution in [1.82, 2.24) is 15.5 Å². The molecule has 60 heavy (non-hydrogen) atoms. The first kappa shape index (κ1) is 49.1. The van der Waals surface area contributed by atoms with Crippen LogP contribution in [0.1, 0.15) is 227 Å². The zero-order chi connectivity index (χ0) is 43.0. The van der Waals surface area contributed by atoms with Crippen LogP contribution < -0.4 is 10.6 Å². The Hall–Kier alpha value is -1.89. The van der Waals surface area contributed by atoms with Crippen LogP contribution in [-0.4, -0.2) is 59.0 Å². The molecule has 7 heteroatoms. The van der Waals surface area contributed by atoms with Gasteiger partial charge in [-0.15, -0.1) is 0 Å². The molecule has 3 amide bonds. The normalized spacial score (nSPS) is 33.0. The van der Waals surface area contributed by atoms with Gasteiger partial charge in [-0.1, -0.05) is 97.6 Å². The fraction of sp³-hybridized carbons (Fsp3) is 0.906. The summed E-state index contributed by atoms with van der Waals surface area (Å²) in [5.74, 6) is 5.15. The molecule has 1 heterocycles. The molecule has 7 nitrogen and oxygen atoms in total. The molecule has 4 aliphatic carbocycles. The number of fused-ring (bicyclic) bond motifs is 5. The van der Waals surface area contributed by atoms with E-state index in [9.17, 15) is 19.5 Å². The molecule has 5 unspecified atom stereocenters. The molecule has 11 atom stereocenters. The van der Waals surface area contributed by atoms with Crippen LogP contribution in [0.3, 0.4) is 0 Å². The lowest BCUT2D eigenvalue weighted by Crippen LogP contribution is -2.55. The summed E-state index contributed by atoms with van der Waals surface area (Å²) < 4.78 is 0. The smallest absolute Gasteiger partial charge is 0.222 e. The maximum atomic E-state index is 13.0. The predicted octanol–water partition coefficient (Wildman–Crippen LogP) is 12.2. The molecule has 344 valence electrons. The number of nitrogens with zero attached hydrogens (tertiary/aromatic N) is 1. The highest BCUT2D eigenvalue weighted by atomic mass is 16.3. The van der Waals surface area contributed by atoms with Crippen LogP contribution in [0.2, 0.25) is 0 Å². The summed E-state index contributed by atoms with van der Waals surface area (Å²) in [5, 5.41) is 16.5. The number of aliphatic hydroxyl groups excluding tert-OH is 1. The molecule has 0 spiro atoms. The summed E-state index contributed by atoms with van der Waals surface area (Å²) in [6, 6.07) is 0.504. The standard InChI is InChI=1S/C53H93N3O4/c1-6-7-8-9-10-11-12-13-14-15-16-17-18-19-21-24-50(59)55-43-32-34-52(4)42(38-43)27-28-45-47-30-29-46(53(47,5)35-33-48(45)52)40(2)26-31-49(58)54-36-23-20-22-25-51(60)56-39-44(57)37-41(56)3/h13-14,40-48,57H,6-12,15-39H2,1-5H3,(H,54,58)(H,55,59)/b14-13-/t40-,41?,42?,43+,44+,45?,46-,47?,48?,52+,53-/m1/s1. The number of likely N-dealkylation sites (tertiary alicyclic amines) is 1. The number of hydrogen-bond acceptors (Lipinski definition) is 4. The highest BCUT2D eigenvalue weighted by molar-refractivity contribution is 5.77.